The minimum atomic E-state index is 0.365. The van der Waals surface area contributed by atoms with E-state index in [2.05, 4.69) is 53.6 Å². The van der Waals surface area contributed by atoms with E-state index in [0.717, 1.165) is 38.2 Å². The van der Waals surface area contributed by atoms with Gasteiger partial charge in [0.25, 0.3) is 0 Å². The van der Waals surface area contributed by atoms with Crippen LogP contribution >= 0.6 is 0 Å². The van der Waals surface area contributed by atoms with Gasteiger partial charge >= 0.3 is 0 Å². The average Bonchev–Trinajstić information content (AvgIpc) is 3.44. The number of anilines is 1. The number of hydrogen-bond donors (Lipinski definition) is 0. The Bertz CT molecular complexity index is 955. The third-order valence-corrected chi connectivity index (χ3v) is 5.74. The van der Waals surface area contributed by atoms with Crippen LogP contribution in [0.5, 0.6) is 0 Å². The highest BCUT2D eigenvalue weighted by Gasteiger charge is 2.27. The second-order valence-corrected chi connectivity index (χ2v) is 7.24. The molecule has 0 spiro atoms. The van der Waals surface area contributed by atoms with Crippen molar-refractivity contribution in [2.24, 2.45) is 0 Å². The summed E-state index contributed by atoms with van der Waals surface area (Å²) in [6.07, 6.45) is 3.43. The van der Waals surface area contributed by atoms with Crippen LogP contribution in [-0.2, 0) is 24.2 Å². The highest BCUT2D eigenvalue weighted by molar-refractivity contribution is 5.92. The Morgan fingerprint density at radius 2 is 1.96 bits per heavy atom. The van der Waals surface area contributed by atoms with Crippen LogP contribution in [0.25, 0.3) is 11.0 Å². The van der Waals surface area contributed by atoms with E-state index in [4.69, 9.17) is 9.72 Å². The van der Waals surface area contributed by atoms with Crippen LogP contribution in [0.15, 0.2) is 36.5 Å². The standard InChI is InChI=1S/C21H23N3O/c1-14-15(2)24(12-18-13-25-18)21-19(7-9-22-20(14)21)23-10-8-16-5-3-4-6-17(16)11-23/h3-7,9,18H,8,10-13H2,1-2H3. The van der Waals surface area contributed by atoms with Crippen LogP contribution < -0.4 is 4.90 Å². The molecule has 4 heteroatoms. The van der Waals surface area contributed by atoms with E-state index in [-0.39, 0.29) is 0 Å². The number of aryl methyl sites for hydroxylation is 1. The summed E-state index contributed by atoms with van der Waals surface area (Å²) in [5.74, 6) is 0. The first kappa shape index (κ1) is 15.0. The molecule has 1 atom stereocenters. The van der Waals surface area contributed by atoms with Crippen molar-refractivity contribution in [1.29, 1.82) is 0 Å². The molecule has 1 aromatic carbocycles. The normalized spacial score (nSPS) is 19.3. The Labute approximate surface area is 148 Å². The molecule has 1 saturated heterocycles. The van der Waals surface area contributed by atoms with E-state index < -0.39 is 0 Å². The summed E-state index contributed by atoms with van der Waals surface area (Å²) in [7, 11) is 0. The number of epoxide rings is 1. The van der Waals surface area contributed by atoms with E-state index in [1.807, 2.05) is 6.20 Å². The molecule has 0 amide bonds. The lowest BCUT2D eigenvalue weighted by molar-refractivity contribution is 0.384. The first-order chi connectivity index (χ1) is 12.2. The zero-order valence-electron chi connectivity index (χ0n) is 14.8. The monoisotopic (exact) mass is 333 g/mol. The van der Waals surface area contributed by atoms with E-state index in [1.165, 1.54) is 33.6 Å². The van der Waals surface area contributed by atoms with Gasteiger partial charge in [-0.05, 0) is 43.0 Å². The van der Waals surface area contributed by atoms with Gasteiger partial charge in [0.05, 0.1) is 36.0 Å². The van der Waals surface area contributed by atoms with E-state index in [0.29, 0.717) is 6.10 Å². The minimum Gasteiger partial charge on any atom is -0.371 e. The van der Waals surface area contributed by atoms with Gasteiger partial charge in [-0.15, -0.1) is 0 Å². The molecule has 0 N–H and O–H groups in total. The second kappa shape index (κ2) is 5.60. The summed E-state index contributed by atoms with van der Waals surface area (Å²) in [6, 6.07) is 11.0. The number of ether oxygens (including phenoxy) is 1. The fourth-order valence-electron chi connectivity index (χ4n) is 4.09. The molecule has 2 aliphatic heterocycles. The van der Waals surface area contributed by atoms with Crippen LogP contribution in [0.3, 0.4) is 0 Å². The molecule has 1 unspecified atom stereocenters. The summed E-state index contributed by atoms with van der Waals surface area (Å²) < 4.78 is 7.92. The van der Waals surface area contributed by atoms with Crippen molar-refractivity contribution in [2.75, 3.05) is 18.1 Å². The van der Waals surface area contributed by atoms with E-state index in [9.17, 15) is 0 Å². The second-order valence-electron chi connectivity index (χ2n) is 7.24. The Hall–Kier alpha value is -2.33. The van der Waals surface area contributed by atoms with E-state index in [1.54, 1.807) is 0 Å². The Kier molecular flexibility index (Phi) is 3.35. The molecule has 2 aromatic heterocycles. The van der Waals surface area contributed by atoms with Crippen LogP contribution in [0, 0.1) is 13.8 Å². The van der Waals surface area contributed by atoms with Crippen LogP contribution in [0.1, 0.15) is 22.4 Å². The van der Waals surface area contributed by atoms with Crippen molar-refractivity contribution in [2.45, 2.75) is 39.5 Å². The van der Waals surface area contributed by atoms with E-state index >= 15 is 0 Å². The number of aromatic nitrogens is 2. The van der Waals surface area contributed by atoms with Crippen molar-refractivity contribution < 1.29 is 4.74 Å². The third kappa shape index (κ3) is 2.44. The first-order valence-electron chi connectivity index (χ1n) is 9.10. The van der Waals surface area contributed by atoms with Crippen molar-refractivity contribution in [3.63, 3.8) is 0 Å². The number of pyridine rings is 1. The highest BCUT2D eigenvalue weighted by atomic mass is 16.6. The van der Waals surface area contributed by atoms with Crippen LogP contribution in [0.2, 0.25) is 0 Å². The van der Waals surface area contributed by atoms with Gasteiger partial charge in [-0.25, -0.2) is 0 Å². The summed E-state index contributed by atoms with van der Waals surface area (Å²) in [5.41, 5.74) is 9.23. The lowest BCUT2D eigenvalue weighted by Crippen LogP contribution is -2.30. The summed E-state index contributed by atoms with van der Waals surface area (Å²) >= 11 is 0. The van der Waals surface area contributed by atoms with Gasteiger partial charge in [0.2, 0.25) is 0 Å². The maximum absolute atomic E-state index is 5.50. The van der Waals surface area contributed by atoms with Gasteiger partial charge < -0.3 is 14.2 Å². The number of rotatable bonds is 3. The largest absolute Gasteiger partial charge is 0.371 e. The summed E-state index contributed by atoms with van der Waals surface area (Å²) in [5, 5.41) is 0. The lowest BCUT2D eigenvalue weighted by Gasteiger charge is -2.31. The van der Waals surface area contributed by atoms with Gasteiger partial charge in [0.15, 0.2) is 0 Å². The minimum absolute atomic E-state index is 0.365. The van der Waals surface area contributed by atoms with Crippen LogP contribution in [0.4, 0.5) is 5.69 Å². The summed E-state index contributed by atoms with van der Waals surface area (Å²) in [4.78, 5) is 7.21. The van der Waals surface area contributed by atoms with Crippen molar-refractivity contribution in [3.05, 3.63) is 58.9 Å². The van der Waals surface area contributed by atoms with Gasteiger partial charge in [0.1, 0.15) is 0 Å². The molecular weight excluding hydrogens is 310 g/mol. The molecule has 3 aromatic rings. The Balaban J connectivity index is 1.63. The molecule has 0 aliphatic carbocycles. The SMILES string of the molecule is Cc1c(C)n(CC2CO2)c2c(N3CCc4ccccc4C3)ccnc12. The van der Waals surface area contributed by atoms with Crippen molar-refractivity contribution >= 4 is 16.7 Å². The maximum atomic E-state index is 5.50. The fraction of sp³-hybridized carbons (Fsp3) is 0.381. The molecule has 0 bridgehead atoms. The quantitative estimate of drug-likeness (QED) is 0.687. The molecule has 2 aliphatic rings. The van der Waals surface area contributed by atoms with Crippen molar-refractivity contribution in [3.8, 4) is 0 Å². The first-order valence-corrected chi connectivity index (χ1v) is 9.10. The molecule has 4 heterocycles. The number of hydrogen-bond acceptors (Lipinski definition) is 3. The molecule has 1 fully saturated rings. The summed E-state index contributed by atoms with van der Waals surface area (Å²) in [6.45, 7) is 8.22. The highest BCUT2D eigenvalue weighted by Crippen LogP contribution is 2.35. The molecule has 128 valence electrons. The predicted octanol–water partition coefficient (Wildman–Crippen LogP) is 3.61. The zero-order chi connectivity index (χ0) is 17.0. The lowest BCUT2D eigenvalue weighted by atomic mass is 9.99. The molecule has 25 heavy (non-hydrogen) atoms. The smallest absolute Gasteiger partial charge is 0.0988 e. The number of nitrogens with zero attached hydrogens (tertiary/aromatic N) is 3. The van der Waals surface area contributed by atoms with Gasteiger partial charge in [0, 0.05) is 25.0 Å². The molecule has 4 nitrogen and oxygen atoms in total. The third-order valence-electron chi connectivity index (χ3n) is 5.74. The topological polar surface area (TPSA) is 33.6 Å². The molecule has 0 saturated carbocycles. The predicted molar refractivity (Wildman–Crippen MR) is 100 cm³/mol. The Morgan fingerprint density at radius 3 is 2.76 bits per heavy atom. The fourth-order valence-corrected chi connectivity index (χ4v) is 4.09. The number of fused-ring (bicyclic) bond motifs is 2. The van der Waals surface area contributed by atoms with Gasteiger partial charge in [-0.2, -0.15) is 0 Å². The maximum Gasteiger partial charge on any atom is 0.0988 e. The molecule has 5 rings (SSSR count). The molecular formula is C21H23N3O. The van der Waals surface area contributed by atoms with Gasteiger partial charge in [-0.3, -0.25) is 4.98 Å². The Morgan fingerprint density at radius 1 is 1.16 bits per heavy atom. The number of benzene rings is 1. The average molecular weight is 333 g/mol. The molecule has 0 radical (unpaired) electrons. The van der Waals surface area contributed by atoms with Crippen LogP contribution in [-0.4, -0.2) is 28.8 Å². The van der Waals surface area contributed by atoms with Gasteiger partial charge in [-0.1, -0.05) is 24.3 Å². The van der Waals surface area contributed by atoms with Crippen molar-refractivity contribution in [1.82, 2.24) is 9.55 Å². The zero-order valence-corrected chi connectivity index (χ0v) is 14.8.